The maximum absolute atomic E-state index is 11.9. The molecule has 1 rings (SSSR count). The molecule has 2 N–H and O–H groups in total. The van der Waals surface area contributed by atoms with Crippen LogP contribution in [0, 0.1) is 0 Å². The summed E-state index contributed by atoms with van der Waals surface area (Å²) in [5, 5.41) is 2.92. The van der Waals surface area contributed by atoms with Crippen molar-refractivity contribution in [3.63, 3.8) is 0 Å². The Morgan fingerprint density at radius 3 is 2.29 bits per heavy atom. The van der Waals surface area contributed by atoms with Crippen LogP contribution in [0.3, 0.4) is 0 Å². The molecule has 118 valence electrons. The fraction of sp³-hybridized carbons (Fsp3) is 0.462. The third-order valence-corrected chi connectivity index (χ3v) is 3.94. The number of hydrogen-bond acceptors (Lipinski definition) is 4. The normalized spacial score (nSPS) is 12.0. The summed E-state index contributed by atoms with van der Waals surface area (Å²) >= 11 is 5.70. The lowest BCUT2D eigenvalue weighted by atomic mass is 10.2. The van der Waals surface area contributed by atoms with Crippen molar-refractivity contribution in [1.82, 2.24) is 10.0 Å². The zero-order valence-electron chi connectivity index (χ0n) is 12.1. The molecule has 0 saturated carbocycles. The van der Waals surface area contributed by atoms with E-state index < -0.39 is 21.7 Å². The number of carbonyl (C=O) groups excluding carboxylic acids is 1. The first-order valence-corrected chi connectivity index (χ1v) is 8.18. The Morgan fingerprint density at radius 2 is 1.76 bits per heavy atom. The summed E-state index contributed by atoms with van der Waals surface area (Å²) in [6.07, 6.45) is -0.590. The zero-order chi connectivity index (χ0) is 16.1. The van der Waals surface area contributed by atoms with E-state index in [0.717, 1.165) is 0 Å². The first kappa shape index (κ1) is 17.7. The van der Waals surface area contributed by atoms with Crippen LogP contribution in [0.25, 0.3) is 0 Å². The van der Waals surface area contributed by atoms with Crippen molar-refractivity contribution in [3.8, 4) is 0 Å². The van der Waals surface area contributed by atoms with Gasteiger partial charge in [0.2, 0.25) is 10.0 Å². The van der Waals surface area contributed by atoms with Gasteiger partial charge in [-0.15, -0.1) is 0 Å². The Bertz CT molecular complexity index is 579. The molecule has 0 atom stereocenters. The summed E-state index contributed by atoms with van der Waals surface area (Å²) in [5.74, 6) is 0. The summed E-state index contributed by atoms with van der Waals surface area (Å²) in [6, 6.07) is 5.81. The van der Waals surface area contributed by atoms with Gasteiger partial charge in [0.05, 0.1) is 4.90 Å². The van der Waals surface area contributed by atoms with Crippen molar-refractivity contribution < 1.29 is 17.9 Å². The van der Waals surface area contributed by atoms with E-state index in [4.69, 9.17) is 16.3 Å². The highest BCUT2D eigenvalue weighted by molar-refractivity contribution is 7.89. The number of sulfonamides is 1. The molecule has 0 aliphatic rings. The number of rotatable bonds is 5. The molecule has 1 amide bonds. The first-order chi connectivity index (χ1) is 9.60. The standard InChI is InChI=1S/C13H19ClN2O4S/c1-13(2,3)20-12(17)15-8-9-16-21(18,19)11-6-4-10(14)5-7-11/h4-7,16H,8-9H2,1-3H3,(H,15,17). The Morgan fingerprint density at radius 1 is 1.19 bits per heavy atom. The van der Waals surface area contributed by atoms with Crippen molar-refractivity contribution in [2.75, 3.05) is 13.1 Å². The predicted molar refractivity (Wildman–Crippen MR) is 80.9 cm³/mol. The first-order valence-electron chi connectivity index (χ1n) is 6.32. The fourth-order valence-electron chi connectivity index (χ4n) is 1.36. The summed E-state index contributed by atoms with van der Waals surface area (Å²) in [7, 11) is -3.61. The Kier molecular flexibility index (Phi) is 6.00. The van der Waals surface area contributed by atoms with E-state index in [-0.39, 0.29) is 18.0 Å². The van der Waals surface area contributed by atoms with E-state index >= 15 is 0 Å². The number of alkyl carbamates (subject to hydrolysis) is 1. The summed E-state index contributed by atoms with van der Waals surface area (Å²) in [4.78, 5) is 11.5. The molecule has 0 aliphatic heterocycles. The molecule has 8 heteroatoms. The zero-order valence-corrected chi connectivity index (χ0v) is 13.7. The monoisotopic (exact) mass is 334 g/mol. The molecule has 6 nitrogen and oxygen atoms in total. The molecule has 1 aromatic rings. The molecule has 0 fully saturated rings. The molecular weight excluding hydrogens is 316 g/mol. The van der Waals surface area contributed by atoms with Gasteiger partial charge < -0.3 is 10.1 Å². The molecule has 1 aromatic carbocycles. The average molecular weight is 335 g/mol. The number of halogens is 1. The molecule has 0 bridgehead atoms. The lowest BCUT2D eigenvalue weighted by molar-refractivity contribution is 0.0529. The van der Waals surface area contributed by atoms with Crippen molar-refractivity contribution >= 4 is 27.7 Å². The topological polar surface area (TPSA) is 84.5 Å². The molecule has 0 unspecified atom stereocenters. The van der Waals surface area contributed by atoms with Crippen LogP contribution in [0.1, 0.15) is 20.8 Å². The smallest absolute Gasteiger partial charge is 0.407 e. The van der Waals surface area contributed by atoms with Gasteiger partial charge in [0.1, 0.15) is 5.60 Å². The van der Waals surface area contributed by atoms with Gasteiger partial charge in [0.15, 0.2) is 0 Å². The van der Waals surface area contributed by atoms with Gasteiger partial charge in [-0.3, -0.25) is 0 Å². The van der Waals surface area contributed by atoms with Crippen molar-refractivity contribution in [1.29, 1.82) is 0 Å². The van der Waals surface area contributed by atoms with Crippen molar-refractivity contribution in [2.24, 2.45) is 0 Å². The molecule has 0 aliphatic carbocycles. The van der Waals surface area contributed by atoms with Crippen LogP contribution in [0.4, 0.5) is 4.79 Å². The van der Waals surface area contributed by atoms with E-state index in [1.807, 2.05) is 0 Å². The number of amides is 1. The quantitative estimate of drug-likeness (QED) is 0.808. The molecule has 0 radical (unpaired) electrons. The third kappa shape index (κ3) is 6.79. The van der Waals surface area contributed by atoms with E-state index in [2.05, 4.69) is 10.0 Å². The van der Waals surface area contributed by atoms with Crippen LogP contribution in [-0.4, -0.2) is 33.2 Å². The number of benzene rings is 1. The Labute approximate surface area is 129 Å². The van der Waals surface area contributed by atoms with Crippen molar-refractivity contribution in [2.45, 2.75) is 31.3 Å². The second kappa shape index (κ2) is 7.11. The highest BCUT2D eigenvalue weighted by Gasteiger charge is 2.16. The number of carbonyl (C=O) groups is 1. The van der Waals surface area contributed by atoms with Crippen LogP contribution in [0.15, 0.2) is 29.2 Å². The van der Waals surface area contributed by atoms with Gasteiger partial charge in [0, 0.05) is 18.1 Å². The minimum Gasteiger partial charge on any atom is -0.444 e. The van der Waals surface area contributed by atoms with Crippen LogP contribution in [0.2, 0.25) is 5.02 Å². The molecule has 21 heavy (non-hydrogen) atoms. The fourth-order valence-corrected chi connectivity index (χ4v) is 2.52. The van der Waals surface area contributed by atoms with Crippen molar-refractivity contribution in [3.05, 3.63) is 29.3 Å². The largest absolute Gasteiger partial charge is 0.444 e. The van der Waals surface area contributed by atoms with Gasteiger partial charge in [0.25, 0.3) is 0 Å². The van der Waals surface area contributed by atoms with Crippen LogP contribution >= 0.6 is 11.6 Å². The van der Waals surface area contributed by atoms with Crippen LogP contribution < -0.4 is 10.0 Å². The third-order valence-electron chi connectivity index (χ3n) is 2.21. The maximum atomic E-state index is 11.9. The second-order valence-corrected chi connectivity index (χ2v) is 7.48. The van der Waals surface area contributed by atoms with Crippen LogP contribution in [-0.2, 0) is 14.8 Å². The average Bonchev–Trinajstić information content (AvgIpc) is 2.33. The Hall–Kier alpha value is -1.31. The number of ether oxygens (including phenoxy) is 1. The molecule has 0 saturated heterocycles. The van der Waals surface area contributed by atoms with Gasteiger partial charge >= 0.3 is 6.09 Å². The lowest BCUT2D eigenvalue weighted by Crippen LogP contribution is -2.37. The van der Waals surface area contributed by atoms with Gasteiger partial charge in [-0.2, -0.15) is 0 Å². The molecular formula is C13H19ClN2O4S. The molecule has 0 aromatic heterocycles. The summed E-state index contributed by atoms with van der Waals surface area (Å²) in [5.41, 5.74) is -0.590. The molecule has 0 spiro atoms. The minimum atomic E-state index is -3.61. The predicted octanol–water partition coefficient (Wildman–Crippen LogP) is 2.14. The Balaban J connectivity index is 2.41. The van der Waals surface area contributed by atoms with Gasteiger partial charge in [-0.25, -0.2) is 17.9 Å². The van der Waals surface area contributed by atoms with Gasteiger partial charge in [-0.05, 0) is 45.0 Å². The summed E-state index contributed by atoms with van der Waals surface area (Å²) in [6.45, 7) is 5.42. The summed E-state index contributed by atoms with van der Waals surface area (Å²) < 4.78 is 31.2. The van der Waals surface area contributed by atoms with E-state index in [9.17, 15) is 13.2 Å². The van der Waals surface area contributed by atoms with Crippen LogP contribution in [0.5, 0.6) is 0 Å². The highest BCUT2D eigenvalue weighted by atomic mass is 35.5. The lowest BCUT2D eigenvalue weighted by Gasteiger charge is -2.19. The number of hydrogen-bond donors (Lipinski definition) is 2. The van der Waals surface area contributed by atoms with E-state index in [0.29, 0.717) is 5.02 Å². The maximum Gasteiger partial charge on any atom is 0.407 e. The minimum absolute atomic E-state index is 0.0597. The van der Waals surface area contributed by atoms with Gasteiger partial charge in [-0.1, -0.05) is 11.6 Å². The SMILES string of the molecule is CC(C)(C)OC(=O)NCCNS(=O)(=O)c1ccc(Cl)cc1. The highest BCUT2D eigenvalue weighted by Crippen LogP contribution is 2.13. The van der Waals surface area contributed by atoms with E-state index in [1.54, 1.807) is 20.8 Å². The number of nitrogens with one attached hydrogen (secondary N) is 2. The molecule has 0 heterocycles. The van der Waals surface area contributed by atoms with E-state index in [1.165, 1.54) is 24.3 Å². The second-order valence-electron chi connectivity index (χ2n) is 5.28.